The lowest BCUT2D eigenvalue weighted by Gasteiger charge is -2.04. The van der Waals surface area contributed by atoms with Gasteiger partial charge in [0.2, 0.25) is 0 Å². The summed E-state index contributed by atoms with van der Waals surface area (Å²) in [7, 11) is 0. The highest BCUT2D eigenvalue weighted by molar-refractivity contribution is 8.00. The molecule has 0 aromatic heterocycles. The van der Waals surface area contributed by atoms with Gasteiger partial charge < -0.3 is 0 Å². The van der Waals surface area contributed by atoms with E-state index in [1.165, 1.54) is 11.1 Å². The summed E-state index contributed by atoms with van der Waals surface area (Å²) < 4.78 is 0. The zero-order chi connectivity index (χ0) is 13.7. The van der Waals surface area contributed by atoms with Crippen LogP contribution in [-0.2, 0) is 11.2 Å². The van der Waals surface area contributed by atoms with E-state index in [1.54, 1.807) is 11.8 Å². The minimum absolute atomic E-state index is 0.275. The molecule has 2 aromatic carbocycles. The third-order valence-corrected chi connectivity index (χ3v) is 3.93. The quantitative estimate of drug-likeness (QED) is 0.757. The summed E-state index contributed by atoms with van der Waals surface area (Å²) in [5.41, 5.74) is 3.54. The van der Waals surface area contributed by atoms with Gasteiger partial charge in [0.05, 0.1) is 5.75 Å². The van der Waals surface area contributed by atoms with Crippen molar-refractivity contribution < 1.29 is 4.79 Å². The van der Waals surface area contributed by atoms with E-state index < -0.39 is 0 Å². The molecule has 0 atom stereocenters. The van der Waals surface area contributed by atoms with Crippen molar-refractivity contribution in [2.24, 2.45) is 0 Å². The molecule has 0 aliphatic rings. The Morgan fingerprint density at radius 3 is 2.37 bits per heavy atom. The second kappa shape index (κ2) is 6.58. The van der Waals surface area contributed by atoms with Crippen molar-refractivity contribution in [2.75, 3.05) is 5.75 Å². The largest absolute Gasteiger partial charge is 0.298 e. The number of carbonyl (C=O) groups is 1. The maximum atomic E-state index is 12.0. The molecule has 0 radical (unpaired) electrons. The molecule has 0 saturated carbocycles. The average molecular weight is 270 g/mol. The van der Waals surface area contributed by atoms with E-state index in [0.29, 0.717) is 12.2 Å². The number of hydrogen-bond acceptors (Lipinski definition) is 2. The molecule has 98 valence electrons. The summed E-state index contributed by atoms with van der Waals surface area (Å²) in [5, 5.41) is 0. The van der Waals surface area contributed by atoms with E-state index >= 15 is 0 Å². The third-order valence-electron chi connectivity index (χ3n) is 2.87. The Hall–Kier alpha value is -1.54. The number of rotatable bonds is 5. The van der Waals surface area contributed by atoms with E-state index in [4.69, 9.17) is 0 Å². The van der Waals surface area contributed by atoms with Crippen molar-refractivity contribution in [1.29, 1.82) is 0 Å². The summed E-state index contributed by atoms with van der Waals surface area (Å²) >= 11 is 1.62. The van der Waals surface area contributed by atoms with Gasteiger partial charge in [0, 0.05) is 11.3 Å². The monoisotopic (exact) mass is 270 g/mol. The van der Waals surface area contributed by atoms with Crippen molar-refractivity contribution in [2.45, 2.75) is 25.2 Å². The van der Waals surface area contributed by atoms with Crippen LogP contribution in [0.15, 0.2) is 53.4 Å². The van der Waals surface area contributed by atoms with Crippen molar-refractivity contribution in [3.63, 3.8) is 0 Å². The smallest absolute Gasteiger partial charge is 0.147 e. The maximum absolute atomic E-state index is 12.0. The van der Waals surface area contributed by atoms with Gasteiger partial charge in [-0.15, -0.1) is 11.8 Å². The third kappa shape index (κ3) is 4.56. The molecule has 0 aliphatic carbocycles. The van der Waals surface area contributed by atoms with Gasteiger partial charge in [0.1, 0.15) is 5.78 Å². The van der Waals surface area contributed by atoms with Gasteiger partial charge in [-0.2, -0.15) is 0 Å². The fraction of sp³-hybridized carbons (Fsp3) is 0.235. The Labute approximate surface area is 119 Å². The molecule has 0 saturated heterocycles. The van der Waals surface area contributed by atoms with Crippen LogP contribution in [0.4, 0.5) is 0 Å². The van der Waals surface area contributed by atoms with Crippen LogP contribution < -0.4 is 0 Å². The summed E-state index contributed by atoms with van der Waals surface area (Å²) in [6, 6.07) is 16.4. The zero-order valence-corrected chi connectivity index (χ0v) is 12.2. The zero-order valence-electron chi connectivity index (χ0n) is 11.3. The van der Waals surface area contributed by atoms with Gasteiger partial charge in [-0.25, -0.2) is 0 Å². The molecule has 0 amide bonds. The molecule has 2 heteroatoms. The Morgan fingerprint density at radius 1 is 1.00 bits per heavy atom. The number of aryl methyl sites for hydroxylation is 2. The first kappa shape index (κ1) is 13.9. The summed E-state index contributed by atoms with van der Waals surface area (Å²) in [4.78, 5) is 13.1. The first-order valence-corrected chi connectivity index (χ1v) is 7.39. The van der Waals surface area contributed by atoms with Crippen LogP contribution in [-0.4, -0.2) is 11.5 Å². The van der Waals surface area contributed by atoms with Crippen LogP contribution in [0.25, 0.3) is 0 Å². The first-order chi connectivity index (χ1) is 9.13. The summed E-state index contributed by atoms with van der Waals surface area (Å²) in [6.07, 6.45) is 0.528. The van der Waals surface area contributed by atoms with E-state index in [2.05, 4.69) is 44.2 Å². The molecular weight excluding hydrogens is 252 g/mol. The standard InChI is InChI=1S/C17H18OS/c1-13-5-3-7-15(9-13)11-16(18)12-19-17-8-4-6-14(2)10-17/h3-10H,11-12H2,1-2H3. The SMILES string of the molecule is Cc1cccc(CC(=O)CSc2cccc(C)c2)c1. The Bertz CT molecular complexity index is 575. The number of ketones is 1. The van der Waals surface area contributed by atoms with Gasteiger partial charge in [0.25, 0.3) is 0 Å². The minimum Gasteiger partial charge on any atom is -0.298 e. The average Bonchev–Trinajstić information content (AvgIpc) is 2.36. The van der Waals surface area contributed by atoms with E-state index in [1.807, 2.05) is 18.2 Å². The van der Waals surface area contributed by atoms with Crippen LogP contribution in [0.1, 0.15) is 16.7 Å². The molecular formula is C17H18OS. The molecule has 0 N–H and O–H groups in total. The van der Waals surface area contributed by atoms with Crippen LogP contribution in [0.2, 0.25) is 0 Å². The molecule has 19 heavy (non-hydrogen) atoms. The highest BCUT2D eigenvalue weighted by Crippen LogP contribution is 2.19. The van der Waals surface area contributed by atoms with E-state index in [0.717, 1.165) is 10.5 Å². The first-order valence-electron chi connectivity index (χ1n) is 6.40. The Kier molecular flexibility index (Phi) is 4.80. The lowest BCUT2D eigenvalue weighted by Crippen LogP contribution is -2.05. The highest BCUT2D eigenvalue weighted by Gasteiger charge is 2.05. The normalized spacial score (nSPS) is 10.4. The van der Waals surface area contributed by atoms with Crippen molar-refractivity contribution in [1.82, 2.24) is 0 Å². The molecule has 0 fully saturated rings. The second-order valence-electron chi connectivity index (χ2n) is 4.81. The molecule has 0 bridgehead atoms. The van der Waals surface area contributed by atoms with Crippen molar-refractivity contribution >= 4 is 17.5 Å². The van der Waals surface area contributed by atoms with Crippen LogP contribution in [0.5, 0.6) is 0 Å². The number of thioether (sulfide) groups is 1. The van der Waals surface area contributed by atoms with Crippen LogP contribution in [0.3, 0.4) is 0 Å². The molecule has 0 aliphatic heterocycles. The molecule has 1 nitrogen and oxygen atoms in total. The predicted octanol–water partition coefficient (Wildman–Crippen LogP) is 4.21. The lowest BCUT2D eigenvalue weighted by atomic mass is 10.1. The fourth-order valence-corrected chi connectivity index (χ4v) is 2.84. The number of carbonyl (C=O) groups excluding carboxylic acids is 1. The number of benzene rings is 2. The second-order valence-corrected chi connectivity index (χ2v) is 5.86. The minimum atomic E-state index is 0.275. The van der Waals surface area contributed by atoms with E-state index in [9.17, 15) is 4.79 Å². The molecule has 2 rings (SSSR count). The molecule has 0 unspecified atom stereocenters. The van der Waals surface area contributed by atoms with Crippen molar-refractivity contribution in [3.8, 4) is 0 Å². The predicted molar refractivity (Wildman–Crippen MR) is 81.8 cm³/mol. The van der Waals surface area contributed by atoms with Gasteiger partial charge in [-0.1, -0.05) is 47.5 Å². The highest BCUT2D eigenvalue weighted by atomic mass is 32.2. The maximum Gasteiger partial charge on any atom is 0.147 e. The number of hydrogen-bond donors (Lipinski definition) is 0. The van der Waals surface area contributed by atoms with E-state index in [-0.39, 0.29) is 5.78 Å². The van der Waals surface area contributed by atoms with Gasteiger partial charge in [0.15, 0.2) is 0 Å². The van der Waals surface area contributed by atoms with Crippen molar-refractivity contribution in [3.05, 3.63) is 65.2 Å². The summed E-state index contributed by atoms with van der Waals surface area (Å²) in [6.45, 7) is 4.12. The Morgan fingerprint density at radius 2 is 1.68 bits per heavy atom. The molecule has 0 heterocycles. The molecule has 2 aromatic rings. The number of Topliss-reactive ketones (excluding diaryl/α,β-unsaturated/α-hetero) is 1. The van der Waals surface area contributed by atoms with Gasteiger partial charge in [-0.3, -0.25) is 4.79 Å². The Balaban J connectivity index is 1.88. The van der Waals surface area contributed by atoms with Crippen LogP contribution in [0, 0.1) is 13.8 Å². The van der Waals surface area contributed by atoms with Crippen LogP contribution >= 0.6 is 11.8 Å². The lowest BCUT2D eigenvalue weighted by molar-refractivity contribution is -0.116. The van der Waals surface area contributed by atoms with Gasteiger partial charge >= 0.3 is 0 Å². The fourth-order valence-electron chi connectivity index (χ4n) is 1.97. The molecule has 0 spiro atoms. The van der Waals surface area contributed by atoms with Gasteiger partial charge in [-0.05, 0) is 31.5 Å². The topological polar surface area (TPSA) is 17.1 Å². The summed E-state index contributed by atoms with van der Waals surface area (Å²) in [5.74, 6) is 0.814.